The molecule has 0 amide bonds. The Morgan fingerprint density at radius 2 is 1.76 bits per heavy atom. The molecule has 0 aliphatic rings. The Bertz CT molecular complexity index is 980. The van der Waals surface area contributed by atoms with Gasteiger partial charge >= 0.3 is 5.82 Å². The summed E-state index contributed by atoms with van der Waals surface area (Å²) in [6, 6.07) is 8.30. The lowest BCUT2D eigenvalue weighted by atomic mass is 10.2. The average molecular weight is 549 g/mol. The monoisotopic (exact) mass is 547 g/mol. The summed E-state index contributed by atoms with van der Waals surface area (Å²) in [5.41, 5.74) is 2.40. The molecule has 0 atom stereocenters. The number of thioether (sulfide) groups is 3. The number of pyridine rings is 2. The Kier molecular flexibility index (Phi) is 14.5. The van der Waals surface area contributed by atoms with Crippen molar-refractivity contribution in [3.8, 4) is 0 Å². The number of rotatable bonds is 13. The van der Waals surface area contributed by atoms with Gasteiger partial charge in [-0.25, -0.2) is 9.55 Å². The van der Waals surface area contributed by atoms with Gasteiger partial charge in [-0.3, -0.25) is 9.97 Å². The number of nitro groups is 1. The molecule has 3 aromatic heterocycles. The molecule has 3 aromatic rings. The van der Waals surface area contributed by atoms with Crippen molar-refractivity contribution in [3.63, 3.8) is 0 Å². The van der Waals surface area contributed by atoms with Gasteiger partial charge in [-0.05, 0) is 52.7 Å². The van der Waals surface area contributed by atoms with E-state index >= 15 is 0 Å². The fraction of sp³-hybridized carbons (Fsp3) is 0.381. The molecule has 7 nitrogen and oxygen atoms in total. The van der Waals surface area contributed by atoms with Crippen LogP contribution < -0.4 is 0 Å². The number of halogens is 2. The van der Waals surface area contributed by atoms with Gasteiger partial charge in [-0.1, -0.05) is 0 Å². The van der Waals surface area contributed by atoms with Crippen molar-refractivity contribution in [2.24, 2.45) is 0 Å². The zero-order chi connectivity index (χ0) is 21.9. The van der Waals surface area contributed by atoms with Crippen molar-refractivity contribution >= 4 is 65.9 Å². The lowest BCUT2D eigenvalue weighted by Gasteiger charge is -2.06. The van der Waals surface area contributed by atoms with Gasteiger partial charge in [0.2, 0.25) is 0 Å². The van der Waals surface area contributed by atoms with E-state index in [-0.39, 0.29) is 35.6 Å². The van der Waals surface area contributed by atoms with Crippen LogP contribution in [0.2, 0.25) is 0 Å². The molecule has 3 rings (SSSR count). The molecule has 0 saturated heterocycles. The molecule has 0 aliphatic carbocycles. The molecule has 0 saturated carbocycles. The van der Waals surface area contributed by atoms with Gasteiger partial charge in [0.25, 0.3) is 0 Å². The van der Waals surface area contributed by atoms with Crippen LogP contribution in [0.15, 0.2) is 53.9 Å². The Hall–Kier alpha value is -1.46. The molecule has 0 spiro atoms. The highest BCUT2D eigenvalue weighted by atomic mass is 35.5. The van der Waals surface area contributed by atoms with Crippen LogP contribution in [0.5, 0.6) is 0 Å². The molecular weight excluding hydrogens is 521 g/mol. The third-order valence-electron chi connectivity index (χ3n) is 4.44. The molecule has 0 N–H and O–H groups in total. The Morgan fingerprint density at radius 1 is 1.00 bits per heavy atom. The van der Waals surface area contributed by atoms with E-state index in [9.17, 15) is 10.1 Å². The number of aromatic nitrogens is 4. The number of aryl methyl sites for hydroxylation is 1. The average Bonchev–Trinajstić information content (AvgIpc) is 3.16. The van der Waals surface area contributed by atoms with Gasteiger partial charge in [0.15, 0.2) is 5.82 Å². The van der Waals surface area contributed by atoms with Gasteiger partial charge in [-0.2, -0.15) is 23.5 Å². The molecule has 0 fully saturated rings. The van der Waals surface area contributed by atoms with Crippen LogP contribution in [-0.2, 0) is 18.1 Å². The van der Waals surface area contributed by atoms with Crippen molar-refractivity contribution < 1.29 is 4.92 Å². The minimum atomic E-state index is -0.371. The Labute approximate surface area is 219 Å². The van der Waals surface area contributed by atoms with Crippen LogP contribution in [0, 0.1) is 17.0 Å². The van der Waals surface area contributed by atoms with E-state index in [2.05, 4.69) is 27.1 Å². The predicted molar refractivity (Wildman–Crippen MR) is 144 cm³/mol. The quantitative estimate of drug-likeness (QED) is 0.110. The first kappa shape index (κ1) is 29.6. The van der Waals surface area contributed by atoms with Crippen molar-refractivity contribution in [3.05, 3.63) is 76.2 Å². The van der Waals surface area contributed by atoms with Crippen LogP contribution in [0.4, 0.5) is 5.82 Å². The van der Waals surface area contributed by atoms with E-state index in [0.717, 1.165) is 40.9 Å². The summed E-state index contributed by atoms with van der Waals surface area (Å²) in [4.78, 5) is 24.4. The van der Waals surface area contributed by atoms with Gasteiger partial charge in [0.05, 0.1) is 5.69 Å². The summed E-state index contributed by atoms with van der Waals surface area (Å²) in [6.07, 6.45) is 7.97. The second kappa shape index (κ2) is 16.2. The summed E-state index contributed by atoms with van der Waals surface area (Å²) in [5.74, 6) is 5.61. The zero-order valence-electron chi connectivity index (χ0n) is 18.2. The fourth-order valence-corrected chi connectivity index (χ4v) is 5.62. The standard InChI is InChI=1S/C21H25N5O2S3.2ClH/c1-17-24-14-21(26(27)28)25(17)9-12-29-10-2-11-30-15-18-3-8-23-19(13-18)16-31-20-4-6-22-7-5-20;;/h3-8,13-14H,2,9-12,15-16H2,1H3;2*1H. The SMILES string of the molecule is Cc1ncc([N+](=O)[O-])n1CCSCCCSCc1ccnc(CSc2ccncc2)c1.Cl.Cl. The molecule has 12 heteroatoms. The van der Waals surface area contributed by atoms with Gasteiger partial charge in [-0.15, -0.1) is 36.6 Å². The van der Waals surface area contributed by atoms with Crippen LogP contribution in [0.25, 0.3) is 0 Å². The minimum Gasteiger partial charge on any atom is -0.358 e. The lowest BCUT2D eigenvalue weighted by molar-refractivity contribution is -0.392. The van der Waals surface area contributed by atoms with E-state index in [0.29, 0.717) is 12.4 Å². The maximum absolute atomic E-state index is 11.0. The maximum atomic E-state index is 11.0. The largest absolute Gasteiger partial charge is 0.358 e. The van der Waals surface area contributed by atoms with E-state index in [4.69, 9.17) is 0 Å². The Morgan fingerprint density at radius 3 is 2.52 bits per heavy atom. The third kappa shape index (κ3) is 10.1. The molecule has 0 radical (unpaired) electrons. The van der Waals surface area contributed by atoms with Crippen LogP contribution in [0.1, 0.15) is 23.5 Å². The molecular formula is C21H27Cl2N5O2S3. The van der Waals surface area contributed by atoms with E-state index in [1.807, 2.05) is 54.2 Å². The number of nitrogens with zero attached hydrogens (tertiary/aromatic N) is 5. The summed E-state index contributed by atoms with van der Waals surface area (Å²) in [5, 5.41) is 11.0. The molecule has 0 aliphatic heterocycles. The topological polar surface area (TPSA) is 86.7 Å². The summed E-state index contributed by atoms with van der Waals surface area (Å²) in [6.45, 7) is 2.42. The molecule has 3 heterocycles. The number of imidazole rings is 1. The van der Waals surface area contributed by atoms with E-state index in [1.165, 1.54) is 16.7 Å². The van der Waals surface area contributed by atoms with Crippen LogP contribution in [-0.4, -0.2) is 41.7 Å². The molecule has 180 valence electrons. The highest BCUT2D eigenvalue weighted by molar-refractivity contribution is 7.99. The number of hydrogen-bond acceptors (Lipinski definition) is 8. The third-order valence-corrected chi connectivity index (χ3v) is 7.65. The Balaban J connectivity index is 0.00000272. The molecule has 0 bridgehead atoms. The molecule has 0 aromatic carbocycles. The lowest BCUT2D eigenvalue weighted by Crippen LogP contribution is -2.07. The van der Waals surface area contributed by atoms with Crippen molar-refractivity contribution in [2.45, 2.75) is 36.3 Å². The van der Waals surface area contributed by atoms with Gasteiger partial charge in [0, 0.05) is 47.7 Å². The second-order valence-corrected chi connectivity index (χ2v) is 10.1. The van der Waals surface area contributed by atoms with Crippen molar-refractivity contribution in [2.75, 3.05) is 17.3 Å². The van der Waals surface area contributed by atoms with Crippen LogP contribution >= 0.6 is 60.1 Å². The number of hydrogen-bond donors (Lipinski definition) is 0. The maximum Gasteiger partial charge on any atom is 0.342 e. The smallest absolute Gasteiger partial charge is 0.342 e. The first-order valence-corrected chi connectivity index (χ1v) is 13.2. The first-order chi connectivity index (χ1) is 15.1. The van der Waals surface area contributed by atoms with Crippen molar-refractivity contribution in [1.29, 1.82) is 0 Å². The molecule has 0 unspecified atom stereocenters. The van der Waals surface area contributed by atoms with Gasteiger partial charge < -0.3 is 10.1 Å². The predicted octanol–water partition coefficient (Wildman–Crippen LogP) is 6.08. The molecule has 33 heavy (non-hydrogen) atoms. The highest BCUT2D eigenvalue weighted by Crippen LogP contribution is 2.22. The fourth-order valence-electron chi connectivity index (χ4n) is 2.88. The summed E-state index contributed by atoms with van der Waals surface area (Å²) in [7, 11) is 0. The van der Waals surface area contributed by atoms with E-state index < -0.39 is 0 Å². The zero-order valence-corrected chi connectivity index (χ0v) is 22.2. The van der Waals surface area contributed by atoms with E-state index in [1.54, 1.807) is 23.3 Å². The minimum absolute atomic E-state index is 0. The summed E-state index contributed by atoms with van der Waals surface area (Å²) >= 11 is 5.53. The first-order valence-electron chi connectivity index (χ1n) is 9.92. The van der Waals surface area contributed by atoms with Gasteiger partial charge in [0.1, 0.15) is 12.7 Å². The van der Waals surface area contributed by atoms with Crippen molar-refractivity contribution in [1.82, 2.24) is 19.5 Å². The normalized spacial score (nSPS) is 10.3. The summed E-state index contributed by atoms with van der Waals surface area (Å²) < 4.78 is 1.68. The second-order valence-electron chi connectivity index (χ2n) is 6.72. The highest BCUT2D eigenvalue weighted by Gasteiger charge is 2.16. The van der Waals surface area contributed by atoms with Crippen LogP contribution in [0.3, 0.4) is 0 Å².